The monoisotopic (exact) mass is 522 g/mol. The molecule has 1 aliphatic carbocycles. The maximum Gasteiger partial charge on any atom is 0.394 e. The summed E-state index contributed by atoms with van der Waals surface area (Å²) < 4.78 is 37.8. The molecular formula is C21H34N2O11S. The van der Waals surface area contributed by atoms with E-state index < -0.39 is 10.4 Å². The highest BCUT2D eigenvalue weighted by Crippen LogP contribution is 2.65. The number of piperidine rings is 2. The molecule has 7 rings (SSSR count). The average Bonchev–Trinajstić information content (AvgIpc) is 3.15. The minimum Gasteiger partial charge on any atom is -0.412 e. The first-order valence-corrected chi connectivity index (χ1v) is 11.8. The first-order valence-electron chi connectivity index (χ1n) is 10.4. The number of rotatable bonds is 0. The Morgan fingerprint density at radius 1 is 1.06 bits per heavy atom. The number of anilines is 1. The van der Waals surface area contributed by atoms with Crippen molar-refractivity contribution in [3.63, 3.8) is 0 Å². The molecule has 200 valence electrons. The molecule has 1 amide bonds. The van der Waals surface area contributed by atoms with Crippen molar-refractivity contribution < 1.29 is 54.4 Å². The Hall–Kier alpha value is -1.98. The molecule has 5 heterocycles. The minimum absolute atomic E-state index is 0. The molecule has 1 spiro atoms. The predicted octanol–water partition coefficient (Wildman–Crippen LogP) is -2.68. The molecular weight excluding hydrogens is 488 g/mol. The van der Waals surface area contributed by atoms with Crippen LogP contribution in [0, 0.1) is 11.8 Å². The third-order valence-electron chi connectivity index (χ3n) is 8.22. The van der Waals surface area contributed by atoms with E-state index in [4.69, 9.17) is 22.3 Å². The zero-order valence-corrected chi connectivity index (χ0v) is 19.7. The van der Waals surface area contributed by atoms with Gasteiger partial charge in [-0.25, -0.2) is 0 Å². The Bertz CT molecular complexity index is 1070. The number of ether oxygens (including phenoxy) is 1. The third kappa shape index (κ3) is 4.19. The summed E-state index contributed by atoms with van der Waals surface area (Å²) in [5, 5.41) is 0. The molecule has 5 aliphatic heterocycles. The van der Waals surface area contributed by atoms with Crippen LogP contribution in [0.4, 0.5) is 5.69 Å². The average molecular weight is 523 g/mol. The summed E-state index contributed by atoms with van der Waals surface area (Å²) in [6.45, 7) is 2.97. The highest BCUT2D eigenvalue weighted by molar-refractivity contribution is 7.79. The smallest absolute Gasteiger partial charge is 0.394 e. The number of amides is 1. The van der Waals surface area contributed by atoms with Crippen molar-refractivity contribution in [2.75, 3.05) is 24.6 Å². The number of para-hydroxylation sites is 1. The van der Waals surface area contributed by atoms with Gasteiger partial charge in [0.1, 0.15) is 0 Å². The van der Waals surface area contributed by atoms with Crippen molar-refractivity contribution >= 4 is 22.0 Å². The molecule has 0 aromatic heterocycles. The molecule has 6 aliphatic rings. The summed E-state index contributed by atoms with van der Waals surface area (Å²) in [6.07, 6.45) is 5.43. The van der Waals surface area contributed by atoms with Crippen LogP contribution in [0.3, 0.4) is 0 Å². The largest absolute Gasteiger partial charge is 0.412 e. The van der Waals surface area contributed by atoms with Crippen molar-refractivity contribution in [1.82, 2.24) is 4.90 Å². The first kappa shape index (κ1) is 31.1. The molecule has 14 heteroatoms. The van der Waals surface area contributed by atoms with E-state index >= 15 is 0 Å². The molecule has 2 bridgehead atoms. The van der Waals surface area contributed by atoms with E-state index in [1.165, 1.54) is 30.6 Å². The van der Waals surface area contributed by atoms with E-state index in [1.807, 2.05) is 0 Å². The SMILES string of the molecule is O.O.O.O.O.O=C1CC2OCC=C3CN4CC[C@]56c7ccccc7N1C5[C@H]2[C@H]3C[C@H]46.O=S(=O)(O)O. The Morgan fingerprint density at radius 2 is 1.71 bits per heavy atom. The lowest BCUT2D eigenvalue weighted by atomic mass is 9.53. The van der Waals surface area contributed by atoms with Gasteiger partial charge in [0.25, 0.3) is 0 Å². The van der Waals surface area contributed by atoms with Gasteiger partial charge in [-0.3, -0.25) is 18.8 Å². The van der Waals surface area contributed by atoms with E-state index in [0.29, 0.717) is 36.9 Å². The van der Waals surface area contributed by atoms with Crippen LogP contribution in [0.5, 0.6) is 0 Å². The van der Waals surface area contributed by atoms with Crippen LogP contribution in [0.1, 0.15) is 24.8 Å². The Kier molecular flexibility index (Phi) is 9.03. The van der Waals surface area contributed by atoms with Crippen molar-refractivity contribution in [2.24, 2.45) is 11.8 Å². The number of hydrogen-bond donors (Lipinski definition) is 2. The number of nitrogens with zero attached hydrogens (tertiary/aromatic N) is 2. The van der Waals surface area contributed by atoms with Crippen LogP contribution >= 0.6 is 0 Å². The van der Waals surface area contributed by atoms with Crippen molar-refractivity contribution in [3.05, 3.63) is 41.5 Å². The van der Waals surface area contributed by atoms with Gasteiger partial charge in [-0.1, -0.05) is 29.8 Å². The van der Waals surface area contributed by atoms with Crippen LogP contribution < -0.4 is 4.90 Å². The fraction of sp³-hybridized carbons (Fsp3) is 0.571. The van der Waals surface area contributed by atoms with Gasteiger partial charge in [-0.2, -0.15) is 8.42 Å². The second-order valence-electron chi connectivity index (χ2n) is 9.22. The van der Waals surface area contributed by atoms with Gasteiger partial charge in [-0.15, -0.1) is 0 Å². The lowest BCUT2D eigenvalue weighted by Gasteiger charge is -2.58. The van der Waals surface area contributed by atoms with E-state index in [2.05, 4.69) is 40.1 Å². The number of carbonyl (C=O) groups excluding carboxylic acids is 1. The summed E-state index contributed by atoms with van der Waals surface area (Å²) in [5.41, 5.74) is 4.35. The van der Waals surface area contributed by atoms with Crippen LogP contribution in [0.15, 0.2) is 35.9 Å². The third-order valence-corrected chi connectivity index (χ3v) is 8.22. The number of hydrogen-bond acceptors (Lipinski definition) is 5. The second kappa shape index (κ2) is 10.2. The summed E-state index contributed by atoms with van der Waals surface area (Å²) in [4.78, 5) is 18.1. The Morgan fingerprint density at radius 3 is 2.40 bits per heavy atom. The molecule has 13 nitrogen and oxygen atoms in total. The molecule has 6 atom stereocenters. The molecule has 1 aromatic rings. The minimum atomic E-state index is -4.67. The zero-order valence-electron chi connectivity index (χ0n) is 18.8. The van der Waals surface area contributed by atoms with Gasteiger partial charge in [0, 0.05) is 29.6 Å². The number of benzene rings is 1. The normalized spacial score (nSPS) is 34.5. The molecule has 3 saturated heterocycles. The van der Waals surface area contributed by atoms with Gasteiger partial charge in [-0.05, 0) is 36.9 Å². The zero-order chi connectivity index (χ0) is 20.8. The van der Waals surface area contributed by atoms with Gasteiger partial charge in [0.05, 0.1) is 25.2 Å². The molecule has 12 N–H and O–H groups in total. The highest BCUT2D eigenvalue weighted by atomic mass is 32.3. The first-order chi connectivity index (χ1) is 14.3. The van der Waals surface area contributed by atoms with E-state index in [0.717, 1.165) is 6.54 Å². The predicted molar refractivity (Wildman–Crippen MR) is 126 cm³/mol. The molecule has 4 fully saturated rings. The number of carbonyl (C=O) groups is 1. The standard InChI is InChI=1S/C21H22N2O2.H2O4S.5H2O/c24-18-10-16-19-13-9-17-21(6-7-22(17)11-12(13)5-8-25-16)14-3-1-2-4-15(14)23(18)20(19)21;1-5(2,3)4;;;;;/h1-5,13,16-17,19-20H,6-11H2;(H2,1,2,3,4);5*1H2/t13-,16?,17-,19-,20?,21+;;;;;;/m0....../s1. The van der Waals surface area contributed by atoms with Crippen molar-refractivity contribution in [1.29, 1.82) is 0 Å². The lowest BCUT2D eigenvalue weighted by molar-refractivity contribution is -0.132. The van der Waals surface area contributed by atoms with Gasteiger partial charge in [0.15, 0.2) is 0 Å². The Labute approximate surface area is 202 Å². The molecule has 2 unspecified atom stereocenters. The topological polar surface area (TPSA) is 265 Å². The quantitative estimate of drug-likeness (QED) is 0.269. The van der Waals surface area contributed by atoms with E-state index in [-0.39, 0.29) is 44.8 Å². The second-order valence-corrected chi connectivity index (χ2v) is 10.1. The fourth-order valence-corrected chi connectivity index (χ4v) is 7.51. The highest BCUT2D eigenvalue weighted by Gasteiger charge is 2.70. The Balaban J connectivity index is 0.000000566. The van der Waals surface area contributed by atoms with Gasteiger partial charge in [0.2, 0.25) is 5.91 Å². The van der Waals surface area contributed by atoms with Gasteiger partial charge >= 0.3 is 10.4 Å². The van der Waals surface area contributed by atoms with Crippen LogP contribution in [0.25, 0.3) is 0 Å². The van der Waals surface area contributed by atoms with E-state index in [1.54, 1.807) is 5.57 Å². The fourth-order valence-electron chi connectivity index (χ4n) is 7.51. The van der Waals surface area contributed by atoms with Crippen LogP contribution in [0.2, 0.25) is 0 Å². The van der Waals surface area contributed by atoms with Crippen LogP contribution in [-0.4, -0.2) is 93.6 Å². The maximum atomic E-state index is 13.2. The molecule has 35 heavy (non-hydrogen) atoms. The van der Waals surface area contributed by atoms with E-state index in [9.17, 15) is 4.79 Å². The summed E-state index contributed by atoms with van der Waals surface area (Å²) in [7, 11) is -4.67. The number of fused-ring (bicyclic) bond motifs is 2. The van der Waals surface area contributed by atoms with Crippen LogP contribution in [-0.2, 0) is 25.3 Å². The van der Waals surface area contributed by atoms with Gasteiger partial charge < -0.3 is 37.0 Å². The maximum absolute atomic E-state index is 13.2. The summed E-state index contributed by atoms with van der Waals surface area (Å²) in [5.74, 6) is 1.35. The molecule has 1 saturated carbocycles. The lowest BCUT2D eigenvalue weighted by Crippen LogP contribution is -2.69. The van der Waals surface area contributed by atoms with Crippen molar-refractivity contribution in [2.45, 2.75) is 42.9 Å². The van der Waals surface area contributed by atoms with Crippen molar-refractivity contribution in [3.8, 4) is 0 Å². The molecule has 0 radical (unpaired) electrons. The summed E-state index contributed by atoms with van der Waals surface area (Å²) in [6, 6.07) is 9.64. The molecule has 1 aromatic carbocycles. The summed E-state index contributed by atoms with van der Waals surface area (Å²) >= 11 is 0.